The van der Waals surface area contributed by atoms with Crippen molar-refractivity contribution in [3.8, 4) is 11.5 Å². The van der Waals surface area contributed by atoms with Gasteiger partial charge in [0.1, 0.15) is 11.5 Å². The number of amides is 2. The van der Waals surface area contributed by atoms with Crippen LogP contribution in [0.2, 0.25) is 0 Å². The monoisotopic (exact) mass is 322 g/mol. The normalized spacial score (nSPS) is 10.0. The van der Waals surface area contributed by atoms with E-state index in [0.29, 0.717) is 11.4 Å². The summed E-state index contributed by atoms with van der Waals surface area (Å²) in [6, 6.07) is 18.6. The number of urea groups is 1. The van der Waals surface area contributed by atoms with Crippen molar-refractivity contribution in [2.45, 2.75) is 0 Å². The Morgan fingerprint density at radius 1 is 0.875 bits per heavy atom. The van der Waals surface area contributed by atoms with E-state index in [4.69, 9.17) is 4.74 Å². The fraction of sp³-hybridized carbons (Fsp3) is 0. The minimum atomic E-state index is -0.466. The van der Waals surface area contributed by atoms with Gasteiger partial charge in [-0.15, -0.1) is 0 Å². The maximum absolute atomic E-state index is 11.9. The van der Waals surface area contributed by atoms with Crippen molar-refractivity contribution in [1.29, 1.82) is 0 Å². The van der Waals surface area contributed by atoms with Gasteiger partial charge in [0.05, 0.1) is 0 Å². The lowest BCUT2D eigenvalue weighted by atomic mass is 10.3. The molecule has 2 aromatic carbocycles. The molecular weight excluding hydrogens is 308 g/mol. The molecule has 3 rings (SSSR count). The lowest BCUT2D eigenvalue weighted by molar-refractivity contribution is 0.262. The van der Waals surface area contributed by atoms with Gasteiger partial charge in [0.2, 0.25) is 0 Å². The van der Waals surface area contributed by atoms with Crippen molar-refractivity contribution in [2.24, 2.45) is 0 Å². The number of rotatable bonds is 4. The van der Waals surface area contributed by atoms with Crippen LogP contribution in [0.15, 0.2) is 71.5 Å². The van der Waals surface area contributed by atoms with Crippen LogP contribution >= 0.6 is 0 Å². The average Bonchev–Trinajstić information content (AvgIpc) is 2.60. The Balaban J connectivity index is 1.58. The van der Waals surface area contributed by atoms with Gasteiger partial charge in [0.25, 0.3) is 5.56 Å². The van der Waals surface area contributed by atoms with Gasteiger partial charge in [-0.05, 0) is 42.5 Å². The number of ether oxygens (including phenoxy) is 1. The number of nitrogens with one attached hydrogen (secondary N) is 3. The van der Waals surface area contributed by atoms with Crippen LogP contribution in [0.25, 0.3) is 0 Å². The largest absolute Gasteiger partial charge is 0.457 e. The van der Waals surface area contributed by atoms with Crippen LogP contribution in [0.1, 0.15) is 0 Å². The molecule has 24 heavy (non-hydrogen) atoms. The lowest BCUT2D eigenvalue weighted by Crippen LogP contribution is -2.21. The predicted octanol–water partition coefficient (Wildman–Crippen LogP) is 3.21. The molecule has 0 saturated heterocycles. The third kappa shape index (κ3) is 4.20. The minimum Gasteiger partial charge on any atom is -0.457 e. The quantitative estimate of drug-likeness (QED) is 0.687. The first kappa shape index (κ1) is 15.3. The van der Waals surface area contributed by atoms with Crippen molar-refractivity contribution in [1.82, 2.24) is 10.2 Å². The topological polar surface area (TPSA) is 96.1 Å². The number of para-hydroxylation sites is 1. The second-order valence-corrected chi connectivity index (χ2v) is 4.83. The van der Waals surface area contributed by atoms with Gasteiger partial charge in [0, 0.05) is 11.8 Å². The minimum absolute atomic E-state index is 0.246. The SMILES string of the molecule is O=C(Nc1ccc(Oc2ccccc2)cc1)Nc1ccc(=O)[nH]n1. The first-order valence-corrected chi connectivity index (χ1v) is 7.16. The van der Waals surface area contributed by atoms with E-state index in [9.17, 15) is 9.59 Å². The molecule has 0 fully saturated rings. The summed E-state index contributed by atoms with van der Waals surface area (Å²) < 4.78 is 5.67. The molecule has 1 heterocycles. The van der Waals surface area contributed by atoms with Crippen LogP contribution in [0.4, 0.5) is 16.3 Å². The van der Waals surface area contributed by atoms with Gasteiger partial charge in [-0.3, -0.25) is 10.1 Å². The molecule has 0 unspecified atom stereocenters. The Kier molecular flexibility index (Phi) is 4.52. The van der Waals surface area contributed by atoms with Gasteiger partial charge in [0.15, 0.2) is 5.82 Å². The number of carbonyl (C=O) groups is 1. The Morgan fingerprint density at radius 3 is 2.25 bits per heavy atom. The molecule has 0 radical (unpaired) electrons. The molecule has 2 amide bonds. The van der Waals surface area contributed by atoms with E-state index >= 15 is 0 Å². The summed E-state index contributed by atoms with van der Waals surface area (Å²) in [5, 5.41) is 11.1. The number of aromatic amines is 1. The molecule has 0 saturated carbocycles. The van der Waals surface area contributed by atoms with Crippen LogP contribution < -0.4 is 20.9 Å². The van der Waals surface area contributed by atoms with E-state index in [2.05, 4.69) is 20.8 Å². The molecule has 3 N–H and O–H groups in total. The Labute approximate surface area is 137 Å². The van der Waals surface area contributed by atoms with Gasteiger partial charge in [-0.2, -0.15) is 5.10 Å². The smallest absolute Gasteiger partial charge is 0.324 e. The Morgan fingerprint density at radius 2 is 1.58 bits per heavy atom. The van der Waals surface area contributed by atoms with E-state index in [1.807, 2.05) is 30.3 Å². The van der Waals surface area contributed by atoms with Crippen molar-refractivity contribution in [2.75, 3.05) is 10.6 Å². The van der Waals surface area contributed by atoms with Gasteiger partial charge < -0.3 is 10.1 Å². The van der Waals surface area contributed by atoms with Crippen LogP contribution in [-0.2, 0) is 0 Å². The fourth-order valence-electron chi connectivity index (χ4n) is 1.92. The van der Waals surface area contributed by atoms with Crippen molar-refractivity contribution in [3.63, 3.8) is 0 Å². The van der Waals surface area contributed by atoms with E-state index in [1.165, 1.54) is 12.1 Å². The molecule has 7 heteroatoms. The highest BCUT2D eigenvalue weighted by Gasteiger charge is 2.04. The highest BCUT2D eigenvalue weighted by molar-refractivity contribution is 5.99. The zero-order valence-corrected chi connectivity index (χ0v) is 12.5. The first-order chi connectivity index (χ1) is 11.7. The third-order valence-electron chi connectivity index (χ3n) is 3.01. The van der Waals surface area contributed by atoms with Gasteiger partial charge >= 0.3 is 6.03 Å². The zero-order valence-electron chi connectivity index (χ0n) is 12.5. The molecule has 3 aromatic rings. The summed E-state index contributed by atoms with van der Waals surface area (Å²) in [5.41, 5.74) is 0.257. The van der Waals surface area contributed by atoms with Crippen molar-refractivity contribution < 1.29 is 9.53 Å². The molecule has 120 valence electrons. The number of carbonyl (C=O) groups excluding carboxylic acids is 1. The van der Waals surface area contributed by atoms with E-state index < -0.39 is 6.03 Å². The third-order valence-corrected chi connectivity index (χ3v) is 3.01. The zero-order chi connectivity index (χ0) is 16.8. The highest BCUT2D eigenvalue weighted by Crippen LogP contribution is 2.22. The van der Waals surface area contributed by atoms with Gasteiger partial charge in [-0.25, -0.2) is 9.89 Å². The lowest BCUT2D eigenvalue weighted by Gasteiger charge is -2.08. The molecule has 0 aliphatic heterocycles. The molecule has 7 nitrogen and oxygen atoms in total. The Bertz CT molecular complexity index is 856. The summed E-state index contributed by atoms with van der Waals surface area (Å²) in [5.74, 6) is 1.64. The summed E-state index contributed by atoms with van der Waals surface area (Å²) >= 11 is 0. The molecule has 0 spiro atoms. The van der Waals surface area contributed by atoms with Crippen LogP contribution in [0.3, 0.4) is 0 Å². The number of H-pyrrole nitrogens is 1. The molecule has 0 bridgehead atoms. The number of anilines is 2. The number of aromatic nitrogens is 2. The molecular formula is C17H14N4O3. The average molecular weight is 322 g/mol. The predicted molar refractivity (Wildman–Crippen MR) is 90.5 cm³/mol. The second-order valence-electron chi connectivity index (χ2n) is 4.83. The van der Waals surface area contributed by atoms with Crippen LogP contribution in [0.5, 0.6) is 11.5 Å². The van der Waals surface area contributed by atoms with Crippen LogP contribution in [0, 0.1) is 0 Å². The van der Waals surface area contributed by atoms with E-state index in [-0.39, 0.29) is 11.4 Å². The van der Waals surface area contributed by atoms with Crippen LogP contribution in [-0.4, -0.2) is 16.2 Å². The molecule has 0 aliphatic carbocycles. The number of nitrogens with zero attached hydrogens (tertiary/aromatic N) is 1. The summed E-state index contributed by atoms with van der Waals surface area (Å²) in [4.78, 5) is 22.8. The Hall–Kier alpha value is -3.61. The summed E-state index contributed by atoms with van der Waals surface area (Å²) in [6.07, 6.45) is 0. The number of hydrogen-bond donors (Lipinski definition) is 3. The van der Waals surface area contributed by atoms with Crippen molar-refractivity contribution in [3.05, 3.63) is 77.1 Å². The maximum Gasteiger partial charge on any atom is 0.324 e. The summed E-state index contributed by atoms with van der Waals surface area (Å²) in [6.45, 7) is 0. The number of benzene rings is 2. The molecule has 1 aromatic heterocycles. The van der Waals surface area contributed by atoms with E-state index in [1.54, 1.807) is 24.3 Å². The summed E-state index contributed by atoms with van der Waals surface area (Å²) in [7, 11) is 0. The van der Waals surface area contributed by atoms with E-state index in [0.717, 1.165) is 5.75 Å². The van der Waals surface area contributed by atoms with Gasteiger partial charge in [-0.1, -0.05) is 18.2 Å². The molecule has 0 atom stereocenters. The first-order valence-electron chi connectivity index (χ1n) is 7.16. The molecule has 0 aliphatic rings. The highest BCUT2D eigenvalue weighted by atomic mass is 16.5. The maximum atomic E-state index is 11.9. The second kappa shape index (κ2) is 7.10. The van der Waals surface area contributed by atoms with Crippen molar-refractivity contribution >= 4 is 17.5 Å². The standard InChI is InChI=1S/C17H14N4O3/c22-16-11-10-15(20-21-16)19-17(23)18-12-6-8-14(9-7-12)24-13-4-2-1-3-5-13/h1-11H,(H,21,22)(H2,18,19,20,23). The number of hydrogen-bond acceptors (Lipinski definition) is 4. The fourth-order valence-corrected chi connectivity index (χ4v) is 1.92.